The second kappa shape index (κ2) is 7.28. The molecule has 0 bridgehead atoms. The van der Waals surface area contributed by atoms with Gasteiger partial charge in [-0.2, -0.15) is 18.3 Å². The van der Waals surface area contributed by atoms with Gasteiger partial charge in [-0.25, -0.2) is 4.79 Å². The fourth-order valence-electron chi connectivity index (χ4n) is 2.38. The second-order valence-electron chi connectivity index (χ2n) is 5.40. The summed E-state index contributed by atoms with van der Waals surface area (Å²) in [5.74, 6) is -1.86. The molecule has 0 atom stereocenters. The number of amides is 1. The van der Waals surface area contributed by atoms with Gasteiger partial charge in [-0.3, -0.25) is 9.89 Å². The highest BCUT2D eigenvalue weighted by atomic mass is 35.5. The fraction of sp³-hybridized carbons (Fsp3) is 0.118. The predicted octanol–water partition coefficient (Wildman–Crippen LogP) is 4.03. The Kier molecular flexibility index (Phi) is 5.04. The molecule has 1 aromatic heterocycles. The molecule has 6 nitrogen and oxygen atoms in total. The molecule has 3 aromatic rings. The van der Waals surface area contributed by atoms with Gasteiger partial charge >= 0.3 is 12.1 Å². The van der Waals surface area contributed by atoms with Gasteiger partial charge in [0.1, 0.15) is 0 Å². The molecule has 10 heteroatoms. The molecule has 0 unspecified atom stereocenters. The van der Waals surface area contributed by atoms with Crippen LogP contribution in [0.5, 0.6) is 0 Å². The minimum absolute atomic E-state index is 0.0351. The SMILES string of the molecule is O=C(COC(=O)c1n[nH]c2ccccc12)Nc1c(Cl)cccc1C(F)(F)F. The molecule has 0 fully saturated rings. The third-order valence-electron chi connectivity index (χ3n) is 3.58. The molecule has 0 radical (unpaired) electrons. The van der Waals surface area contributed by atoms with Gasteiger partial charge in [-0.15, -0.1) is 0 Å². The Labute approximate surface area is 155 Å². The predicted molar refractivity (Wildman–Crippen MR) is 91.5 cm³/mol. The maximum absolute atomic E-state index is 13.0. The van der Waals surface area contributed by atoms with E-state index in [9.17, 15) is 22.8 Å². The highest BCUT2D eigenvalue weighted by Crippen LogP contribution is 2.38. The summed E-state index contributed by atoms with van der Waals surface area (Å²) in [4.78, 5) is 24.0. The molecule has 0 aliphatic carbocycles. The first-order valence-corrected chi connectivity index (χ1v) is 7.91. The quantitative estimate of drug-likeness (QED) is 0.651. The van der Waals surface area contributed by atoms with E-state index >= 15 is 0 Å². The number of ether oxygens (including phenoxy) is 1. The summed E-state index contributed by atoms with van der Waals surface area (Å²) in [6.45, 7) is -0.803. The van der Waals surface area contributed by atoms with E-state index in [4.69, 9.17) is 16.3 Å². The van der Waals surface area contributed by atoms with Crippen molar-refractivity contribution in [3.05, 3.63) is 58.7 Å². The average Bonchev–Trinajstić information content (AvgIpc) is 3.04. The van der Waals surface area contributed by atoms with E-state index in [1.54, 1.807) is 24.3 Å². The number of nitrogens with one attached hydrogen (secondary N) is 2. The molecule has 1 heterocycles. The van der Waals surface area contributed by atoms with Crippen LogP contribution >= 0.6 is 11.6 Å². The standard InChI is InChI=1S/C17H11ClF3N3O3/c18-11-6-3-5-10(17(19,20)21)15(11)22-13(25)8-27-16(26)14-9-4-1-2-7-12(9)23-24-14/h1-7H,8H2,(H,22,25)(H,23,24). The molecule has 0 spiro atoms. The third kappa shape index (κ3) is 4.03. The van der Waals surface area contributed by atoms with Crippen LogP contribution in [0.25, 0.3) is 10.9 Å². The number of para-hydroxylation sites is 2. The summed E-state index contributed by atoms with van der Waals surface area (Å²) in [6.07, 6.45) is -4.71. The Hall–Kier alpha value is -3.07. The van der Waals surface area contributed by atoms with E-state index < -0.39 is 35.9 Å². The second-order valence-corrected chi connectivity index (χ2v) is 5.81. The van der Waals surface area contributed by atoms with E-state index in [0.717, 1.165) is 12.1 Å². The maximum Gasteiger partial charge on any atom is 0.418 e. The highest BCUT2D eigenvalue weighted by Gasteiger charge is 2.34. The molecule has 140 valence electrons. The minimum atomic E-state index is -4.71. The van der Waals surface area contributed by atoms with Crippen molar-refractivity contribution >= 4 is 40.1 Å². The summed E-state index contributed by atoms with van der Waals surface area (Å²) in [5, 5.41) is 8.68. The normalized spacial score (nSPS) is 11.4. The van der Waals surface area contributed by atoms with E-state index in [0.29, 0.717) is 10.9 Å². The Morgan fingerprint density at radius 2 is 1.89 bits per heavy atom. The van der Waals surface area contributed by atoms with Crippen molar-refractivity contribution in [2.45, 2.75) is 6.18 Å². The number of carbonyl (C=O) groups is 2. The number of aromatic amines is 1. The van der Waals surface area contributed by atoms with Crippen molar-refractivity contribution in [2.24, 2.45) is 0 Å². The molecule has 0 saturated carbocycles. The lowest BCUT2D eigenvalue weighted by atomic mass is 10.1. The number of fused-ring (bicyclic) bond motifs is 1. The van der Waals surface area contributed by atoms with Gasteiger partial charge in [0.05, 0.1) is 21.8 Å². The zero-order valence-corrected chi connectivity index (χ0v) is 14.2. The molecule has 1 amide bonds. The number of nitrogens with zero attached hydrogens (tertiary/aromatic N) is 1. The third-order valence-corrected chi connectivity index (χ3v) is 3.90. The number of aromatic nitrogens is 2. The number of H-pyrrole nitrogens is 1. The summed E-state index contributed by atoms with van der Waals surface area (Å²) in [6, 6.07) is 9.86. The van der Waals surface area contributed by atoms with Crippen LogP contribution in [0.15, 0.2) is 42.5 Å². The van der Waals surface area contributed by atoms with Crippen LogP contribution in [0.3, 0.4) is 0 Å². The number of hydrogen-bond donors (Lipinski definition) is 2. The van der Waals surface area contributed by atoms with Gasteiger partial charge in [0, 0.05) is 5.39 Å². The van der Waals surface area contributed by atoms with E-state index in [1.807, 2.05) is 5.32 Å². The Bertz CT molecular complexity index is 1020. The number of hydrogen-bond acceptors (Lipinski definition) is 4. The summed E-state index contributed by atoms with van der Waals surface area (Å²) >= 11 is 5.75. The van der Waals surface area contributed by atoms with Crippen molar-refractivity contribution in [3.8, 4) is 0 Å². The number of benzene rings is 2. The first kappa shape index (κ1) is 18.7. The highest BCUT2D eigenvalue weighted by molar-refractivity contribution is 6.34. The molecule has 0 aliphatic rings. The number of esters is 1. The Morgan fingerprint density at radius 1 is 1.15 bits per heavy atom. The minimum Gasteiger partial charge on any atom is -0.451 e. The van der Waals surface area contributed by atoms with Gasteiger partial charge in [-0.1, -0.05) is 35.9 Å². The lowest BCUT2D eigenvalue weighted by Gasteiger charge is -2.15. The van der Waals surface area contributed by atoms with Crippen LogP contribution in [0, 0.1) is 0 Å². The van der Waals surface area contributed by atoms with Gasteiger partial charge in [0.2, 0.25) is 0 Å². The largest absolute Gasteiger partial charge is 0.451 e. The van der Waals surface area contributed by atoms with Crippen LogP contribution < -0.4 is 5.32 Å². The fourth-order valence-corrected chi connectivity index (χ4v) is 2.60. The van der Waals surface area contributed by atoms with E-state index in [1.165, 1.54) is 6.07 Å². The van der Waals surface area contributed by atoms with Crippen molar-refractivity contribution < 1.29 is 27.5 Å². The van der Waals surface area contributed by atoms with E-state index in [-0.39, 0.29) is 10.7 Å². The molecule has 3 rings (SSSR count). The first-order valence-electron chi connectivity index (χ1n) is 7.53. The average molecular weight is 398 g/mol. The van der Waals surface area contributed by atoms with Crippen molar-refractivity contribution in [2.75, 3.05) is 11.9 Å². The number of alkyl halides is 3. The number of anilines is 1. The van der Waals surface area contributed by atoms with Crippen LogP contribution in [0.1, 0.15) is 16.1 Å². The van der Waals surface area contributed by atoms with Gasteiger partial charge in [0.15, 0.2) is 12.3 Å². The molecule has 0 saturated heterocycles. The van der Waals surface area contributed by atoms with Crippen molar-refractivity contribution in [1.29, 1.82) is 0 Å². The molecule has 2 aromatic carbocycles. The summed E-state index contributed by atoms with van der Waals surface area (Å²) in [7, 11) is 0. The van der Waals surface area contributed by atoms with Crippen LogP contribution in [0.4, 0.5) is 18.9 Å². The van der Waals surface area contributed by atoms with Crippen molar-refractivity contribution in [1.82, 2.24) is 10.2 Å². The van der Waals surface area contributed by atoms with Crippen LogP contribution in [-0.4, -0.2) is 28.7 Å². The van der Waals surface area contributed by atoms with E-state index in [2.05, 4.69) is 10.2 Å². The maximum atomic E-state index is 13.0. The summed E-state index contributed by atoms with van der Waals surface area (Å²) < 4.78 is 43.9. The number of halogens is 4. The topological polar surface area (TPSA) is 84.1 Å². The zero-order chi connectivity index (χ0) is 19.6. The lowest BCUT2D eigenvalue weighted by molar-refractivity contribution is -0.137. The Balaban J connectivity index is 1.70. The number of rotatable bonds is 4. The Morgan fingerprint density at radius 3 is 2.63 bits per heavy atom. The van der Waals surface area contributed by atoms with Gasteiger partial charge in [-0.05, 0) is 18.2 Å². The molecule has 27 heavy (non-hydrogen) atoms. The van der Waals surface area contributed by atoms with Crippen molar-refractivity contribution in [3.63, 3.8) is 0 Å². The summed E-state index contributed by atoms with van der Waals surface area (Å²) in [5.41, 5.74) is -1.14. The first-order chi connectivity index (χ1) is 12.8. The van der Waals surface area contributed by atoms with Crippen LogP contribution in [0.2, 0.25) is 5.02 Å². The molecule has 2 N–H and O–H groups in total. The van der Waals surface area contributed by atoms with Crippen LogP contribution in [-0.2, 0) is 15.7 Å². The number of carbonyl (C=O) groups excluding carboxylic acids is 2. The molecule has 0 aliphatic heterocycles. The monoisotopic (exact) mass is 397 g/mol. The van der Waals surface area contributed by atoms with Gasteiger partial charge < -0.3 is 10.1 Å². The molecular weight excluding hydrogens is 387 g/mol. The lowest BCUT2D eigenvalue weighted by Crippen LogP contribution is -2.23. The van der Waals surface area contributed by atoms with Gasteiger partial charge in [0.25, 0.3) is 5.91 Å². The zero-order valence-electron chi connectivity index (χ0n) is 13.4. The molecular formula is C17H11ClF3N3O3. The smallest absolute Gasteiger partial charge is 0.418 e.